The molecule has 2 N–H and O–H groups in total. The molecule has 3 heterocycles. The van der Waals surface area contributed by atoms with Gasteiger partial charge in [-0.2, -0.15) is 0 Å². The summed E-state index contributed by atoms with van der Waals surface area (Å²) in [6.07, 6.45) is 0.884. The first kappa shape index (κ1) is 19.3. The number of nitrogens with one attached hydrogen (secondary N) is 2. The van der Waals surface area contributed by atoms with E-state index in [2.05, 4.69) is 39.5 Å². The van der Waals surface area contributed by atoms with E-state index in [1.54, 1.807) is 11.3 Å². The number of hydrogen-bond acceptors (Lipinski definition) is 5. The largest absolute Gasteiger partial charge is 0.378 e. The molecule has 0 unspecified atom stereocenters. The Bertz CT molecular complexity index is 1230. The molecule has 1 aliphatic heterocycles. The lowest BCUT2D eigenvalue weighted by molar-refractivity contribution is 0.249. The Labute approximate surface area is 183 Å². The quantitative estimate of drug-likeness (QED) is 0.471. The molecule has 0 amide bonds. The zero-order valence-electron chi connectivity index (χ0n) is 16.3. The summed E-state index contributed by atoms with van der Waals surface area (Å²) in [6.45, 7) is 3.19. The molecule has 2 aromatic heterocycles. The normalized spacial score (nSPS) is 14.0. The van der Waals surface area contributed by atoms with Gasteiger partial charge >= 0.3 is 0 Å². The second-order valence-electron chi connectivity index (χ2n) is 7.50. The molecule has 0 fully saturated rings. The molecule has 5 nitrogen and oxygen atoms in total. The van der Waals surface area contributed by atoms with Crippen LogP contribution in [0, 0.1) is 0 Å². The number of benzene rings is 2. The lowest BCUT2D eigenvalue weighted by Crippen LogP contribution is -2.29. The van der Waals surface area contributed by atoms with E-state index >= 15 is 0 Å². The summed E-state index contributed by atoms with van der Waals surface area (Å²) in [7, 11) is 0. The van der Waals surface area contributed by atoms with Gasteiger partial charge in [0.05, 0.1) is 11.9 Å². The molecule has 0 atom stereocenters. The van der Waals surface area contributed by atoms with Crippen LogP contribution in [0.2, 0.25) is 5.02 Å². The summed E-state index contributed by atoms with van der Waals surface area (Å²) in [5.41, 5.74) is 3.38. The minimum absolute atomic E-state index is 0.0399. The number of aromatic amines is 1. The van der Waals surface area contributed by atoms with E-state index in [0.717, 1.165) is 42.0 Å². The van der Waals surface area contributed by atoms with Crippen molar-refractivity contribution < 1.29 is 0 Å². The maximum atomic E-state index is 12.8. The number of aromatic nitrogens is 2. The van der Waals surface area contributed by atoms with Crippen molar-refractivity contribution in [3.05, 3.63) is 91.8 Å². The Kier molecular flexibility index (Phi) is 5.29. The van der Waals surface area contributed by atoms with E-state index in [1.165, 1.54) is 16.0 Å². The molecular weight excluding hydrogens is 416 g/mol. The Hall–Kier alpha value is -2.67. The molecule has 4 aromatic rings. The van der Waals surface area contributed by atoms with E-state index in [4.69, 9.17) is 16.6 Å². The average Bonchev–Trinajstić information content (AvgIpc) is 3.12. The number of fused-ring (bicyclic) bond motifs is 3. The number of anilines is 1. The molecular formula is C23H21ClN4OS. The van der Waals surface area contributed by atoms with Gasteiger partial charge in [0.2, 0.25) is 0 Å². The van der Waals surface area contributed by atoms with Crippen LogP contribution in [0.1, 0.15) is 21.8 Å². The summed E-state index contributed by atoms with van der Waals surface area (Å²) in [4.78, 5) is 25.0. The summed E-state index contributed by atoms with van der Waals surface area (Å²) < 4.78 is 0. The predicted octanol–water partition coefficient (Wildman–Crippen LogP) is 4.81. The van der Waals surface area contributed by atoms with Crippen LogP contribution >= 0.6 is 22.9 Å². The van der Waals surface area contributed by atoms with Gasteiger partial charge in [0.1, 0.15) is 10.7 Å². The fourth-order valence-electron chi connectivity index (χ4n) is 3.91. The summed E-state index contributed by atoms with van der Waals surface area (Å²) in [5.74, 6) is 0.641. The first-order valence-electron chi connectivity index (χ1n) is 9.95. The molecule has 7 heteroatoms. The van der Waals surface area contributed by atoms with Gasteiger partial charge in [-0.05, 0) is 41.8 Å². The van der Waals surface area contributed by atoms with Gasteiger partial charge in [-0.15, -0.1) is 11.3 Å². The molecule has 0 spiro atoms. The molecule has 1 aliphatic rings. The highest BCUT2D eigenvalue weighted by Crippen LogP contribution is 2.32. The van der Waals surface area contributed by atoms with Crippen molar-refractivity contribution in [2.75, 3.05) is 11.9 Å². The van der Waals surface area contributed by atoms with Crippen LogP contribution < -0.4 is 10.9 Å². The first-order valence-corrected chi connectivity index (χ1v) is 11.1. The summed E-state index contributed by atoms with van der Waals surface area (Å²) in [5, 5.41) is 4.74. The number of nitrogens with zero attached hydrogens (tertiary/aromatic N) is 2. The van der Waals surface area contributed by atoms with Crippen LogP contribution in [-0.4, -0.2) is 21.4 Å². The SMILES string of the molecule is O=c1[nH]c(CNc2ccc(Cl)cc2)nc2sc3c(c12)CCN(Cc1ccccc1)C3. The fraction of sp³-hybridized carbons (Fsp3) is 0.217. The molecule has 0 radical (unpaired) electrons. The van der Waals surface area contributed by atoms with Crippen LogP contribution in [0.3, 0.4) is 0 Å². The zero-order valence-corrected chi connectivity index (χ0v) is 17.9. The molecule has 5 rings (SSSR count). The summed E-state index contributed by atoms with van der Waals surface area (Å²) in [6, 6.07) is 18.0. The van der Waals surface area contributed by atoms with Crippen molar-refractivity contribution in [1.82, 2.24) is 14.9 Å². The number of thiophene rings is 1. The highest BCUT2D eigenvalue weighted by atomic mass is 35.5. The van der Waals surface area contributed by atoms with E-state index in [1.807, 2.05) is 30.3 Å². The summed E-state index contributed by atoms with van der Waals surface area (Å²) >= 11 is 7.58. The monoisotopic (exact) mass is 436 g/mol. The highest BCUT2D eigenvalue weighted by Gasteiger charge is 2.23. The number of hydrogen-bond donors (Lipinski definition) is 2. The van der Waals surface area contributed by atoms with Crippen LogP contribution in [0.4, 0.5) is 5.69 Å². The topological polar surface area (TPSA) is 61.0 Å². The maximum Gasteiger partial charge on any atom is 0.259 e. The van der Waals surface area contributed by atoms with Crippen LogP contribution in [0.25, 0.3) is 10.2 Å². The van der Waals surface area contributed by atoms with Crippen molar-refractivity contribution in [1.29, 1.82) is 0 Å². The van der Waals surface area contributed by atoms with Crippen LogP contribution in [0.15, 0.2) is 59.4 Å². The van der Waals surface area contributed by atoms with E-state index in [9.17, 15) is 4.79 Å². The second-order valence-corrected chi connectivity index (χ2v) is 9.02. The minimum atomic E-state index is -0.0399. The molecule has 0 saturated carbocycles. The smallest absolute Gasteiger partial charge is 0.259 e. The van der Waals surface area contributed by atoms with Crippen LogP contribution in [0.5, 0.6) is 0 Å². The Balaban J connectivity index is 1.36. The maximum absolute atomic E-state index is 12.8. The molecule has 30 heavy (non-hydrogen) atoms. The third-order valence-electron chi connectivity index (χ3n) is 5.39. The van der Waals surface area contributed by atoms with E-state index < -0.39 is 0 Å². The molecule has 2 aromatic carbocycles. The van der Waals surface area contributed by atoms with Crippen molar-refractivity contribution >= 4 is 38.8 Å². The van der Waals surface area contributed by atoms with Crippen molar-refractivity contribution in [2.45, 2.75) is 26.1 Å². The lowest BCUT2D eigenvalue weighted by atomic mass is 10.0. The van der Waals surface area contributed by atoms with Gasteiger partial charge in [0.25, 0.3) is 5.56 Å². The lowest BCUT2D eigenvalue weighted by Gasteiger charge is -2.26. The third-order valence-corrected chi connectivity index (χ3v) is 6.75. The van der Waals surface area contributed by atoms with Crippen molar-refractivity contribution in [3.63, 3.8) is 0 Å². The Morgan fingerprint density at radius 1 is 1.13 bits per heavy atom. The molecule has 152 valence electrons. The first-order chi connectivity index (χ1) is 14.7. The highest BCUT2D eigenvalue weighted by molar-refractivity contribution is 7.18. The van der Waals surface area contributed by atoms with Gasteiger partial charge in [-0.3, -0.25) is 9.69 Å². The third kappa shape index (κ3) is 3.99. The number of halogens is 1. The Morgan fingerprint density at radius 3 is 2.73 bits per heavy atom. The van der Waals surface area contributed by atoms with Gasteiger partial charge in [-0.1, -0.05) is 41.9 Å². The average molecular weight is 437 g/mol. The zero-order chi connectivity index (χ0) is 20.5. The van der Waals surface area contributed by atoms with Gasteiger partial charge in [0, 0.05) is 35.2 Å². The predicted molar refractivity (Wildman–Crippen MR) is 123 cm³/mol. The minimum Gasteiger partial charge on any atom is -0.378 e. The number of H-pyrrole nitrogens is 1. The molecule has 0 saturated heterocycles. The van der Waals surface area contributed by atoms with Gasteiger partial charge in [0.15, 0.2) is 0 Å². The van der Waals surface area contributed by atoms with Crippen LogP contribution in [-0.2, 0) is 26.1 Å². The standard InChI is InChI=1S/C23H21ClN4OS/c24-16-6-8-17(9-7-16)25-12-20-26-22(29)21-18-10-11-28(13-15-4-2-1-3-5-15)14-19(18)30-23(21)27-20/h1-9,25H,10-14H2,(H,26,27,29). The van der Waals surface area contributed by atoms with Gasteiger partial charge in [-0.25, -0.2) is 4.98 Å². The number of rotatable bonds is 5. The molecule has 0 bridgehead atoms. The van der Waals surface area contributed by atoms with E-state index in [0.29, 0.717) is 17.4 Å². The fourth-order valence-corrected chi connectivity index (χ4v) is 5.32. The van der Waals surface area contributed by atoms with E-state index in [-0.39, 0.29) is 5.56 Å². The Morgan fingerprint density at radius 2 is 1.93 bits per heavy atom. The van der Waals surface area contributed by atoms with Gasteiger partial charge < -0.3 is 10.3 Å². The van der Waals surface area contributed by atoms with Crippen molar-refractivity contribution in [2.24, 2.45) is 0 Å². The molecule has 0 aliphatic carbocycles. The van der Waals surface area contributed by atoms with Crippen molar-refractivity contribution in [3.8, 4) is 0 Å². The second kappa shape index (κ2) is 8.22.